The van der Waals surface area contributed by atoms with Crippen LogP contribution in [-0.4, -0.2) is 53.2 Å². The van der Waals surface area contributed by atoms with E-state index in [4.69, 9.17) is 9.26 Å². The maximum atomic E-state index is 12.6. The normalized spacial score (nSPS) is 20.9. The van der Waals surface area contributed by atoms with Crippen LogP contribution in [0.3, 0.4) is 0 Å². The molecule has 2 aromatic rings. The molecule has 0 N–H and O–H groups in total. The van der Waals surface area contributed by atoms with Crippen molar-refractivity contribution in [2.24, 2.45) is 0 Å². The molecule has 0 aliphatic carbocycles. The Morgan fingerprint density at radius 1 is 1.23 bits per heavy atom. The molecule has 0 saturated carbocycles. The molecule has 0 bridgehead atoms. The van der Waals surface area contributed by atoms with E-state index in [1.807, 2.05) is 37.3 Å². The number of benzene rings is 1. The largest absolute Gasteiger partial charge is 0.373 e. The predicted octanol–water partition coefficient (Wildman–Crippen LogP) is 2.86. The average Bonchev–Trinajstić information content (AvgIpc) is 2.99. The molecule has 2 heterocycles. The van der Waals surface area contributed by atoms with E-state index in [0.29, 0.717) is 12.1 Å². The van der Waals surface area contributed by atoms with Crippen LogP contribution in [0.4, 0.5) is 0 Å². The highest BCUT2D eigenvalue weighted by Crippen LogP contribution is 2.16. The number of rotatable bonds is 5. The van der Waals surface area contributed by atoms with Crippen LogP contribution in [0.15, 0.2) is 34.9 Å². The van der Waals surface area contributed by atoms with Crippen molar-refractivity contribution in [3.05, 3.63) is 52.9 Å². The van der Waals surface area contributed by atoms with Crippen molar-refractivity contribution in [2.75, 3.05) is 20.1 Å². The first-order chi connectivity index (χ1) is 12.4. The van der Waals surface area contributed by atoms with Gasteiger partial charge >= 0.3 is 0 Å². The molecule has 1 aromatic carbocycles. The zero-order valence-electron chi connectivity index (χ0n) is 15.9. The van der Waals surface area contributed by atoms with E-state index in [-0.39, 0.29) is 18.1 Å². The molecule has 1 saturated heterocycles. The van der Waals surface area contributed by atoms with E-state index in [1.54, 1.807) is 11.9 Å². The van der Waals surface area contributed by atoms with Gasteiger partial charge in [-0.15, -0.1) is 0 Å². The van der Waals surface area contributed by atoms with E-state index in [0.717, 1.165) is 31.1 Å². The highest BCUT2D eigenvalue weighted by molar-refractivity contribution is 5.94. The SMILES string of the molecule is Cc1cc(CN(C)C(=O)c2ccc(CN3C[C@@H](C)O[C@@H](C)C3)cc2)no1. The number of ether oxygens (including phenoxy) is 1. The van der Waals surface area contributed by atoms with Crippen LogP contribution in [0, 0.1) is 6.92 Å². The first kappa shape index (κ1) is 18.6. The highest BCUT2D eigenvalue weighted by Gasteiger charge is 2.22. The second-order valence-corrected chi connectivity index (χ2v) is 7.24. The number of hydrogen-bond acceptors (Lipinski definition) is 5. The standard InChI is InChI=1S/C20H27N3O3/c1-14-9-19(21-26-14)13-22(4)20(24)18-7-5-17(6-8-18)12-23-10-15(2)25-16(3)11-23/h5-9,15-16H,10-13H2,1-4H3/t15-,16+. The fraction of sp³-hybridized carbons (Fsp3) is 0.500. The van der Waals surface area contributed by atoms with Crippen molar-refractivity contribution in [3.8, 4) is 0 Å². The Morgan fingerprint density at radius 3 is 2.46 bits per heavy atom. The number of morpholine rings is 1. The Bertz CT molecular complexity index is 731. The molecule has 2 atom stereocenters. The molecule has 6 nitrogen and oxygen atoms in total. The number of amides is 1. The average molecular weight is 357 g/mol. The van der Waals surface area contributed by atoms with Crippen molar-refractivity contribution in [2.45, 2.75) is 46.1 Å². The molecule has 26 heavy (non-hydrogen) atoms. The Hall–Kier alpha value is -2.18. The van der Waals surface area contributed by atoms with Gasteiger partial charge in [0.25, 0.3) is 5.91 Å². The molecule has 1 amide bonds. The number of carbonyl (C=O) groups excluding carboxylic acids is 1. The summed E-state index contributed by atoms with van der Waals surface area (Å²) >= 11 is 0. The molecule has 1 fully saturated rings. The number of carbonyl (C=O) groups is 1. The summed E-state index contributed by atoms with van der Waals surface area (Å²) in [5.74, 6) is 0.725. The minimum Gasteiger partial charge on any atom is -0.373 e. The van der Waals surface area contributed by atoms with Crippen molar-refractivity contribution in [1.82, 2.24) is 15.0 Å². The molecule has 1 aromatic heterocycles. The van der Waals surface area contributed by atoms with E-state index >= 15 is 0 Å². The van der Waals surface area contributed by atoms with Crippen LogP contribution in [0.2, 0.25) is 0 Å². The lowest BCUT2D eigenvalue weighted by molar-refractivity contribution is -0.0704. The molecule has 1 aliphatic rings. The maximum absolute atomic E-state index is 12.6. The van der Waals surface area contributed by atoms with Crippen LogP contribution in [0.5, 0.6) is 0 Å². The fourth-order valence-corrected chi connectivity index (χ4v) is 3.45. The van der Waals surface area contributed by atoms with Gasteiger partial charge in [0.15, 0.2) is 0 Å². The number of hydrogen-bond donors (Lipinski definition) is 0. The zero-order valence-corrected chi connectivity index (χ0v) is 15.9. The molecular weight excluding hydrogens is 330 g/mol. The third-order valence-electron chi connectivity index (χ3n) is 4.52. The molecule has 0 radical (unpaired) electrons. The quantitative estimate of drug-likeness (QED) is 0.823. The smallest absolute Gasteiger partial charge is 0.253 e. The third kappa shape index (κ3) is 4.71. The molecule has 0 unspecified atom stereocenters. The van der Waals surface area contributed by atoms with Gasteiger partial charge in [-0.25, -0.2) is 0 Å². The van der Waals surface area contributed by atoms with Crippen LogP contribution < -0.4 is 0 Å². The van der Waals surface area contributed by atoms with Gasteiger partial charge in [-0.2, -0.15) is 0 Å². The molecule has 3 rings (SSSR count). The van der Waals surface area contributed by atoms with Crippen LogP contribution in [0.25, 0.3) is 0 Å². The summed E-state index contributed by atoms with van der Waals surface area (Å²) in [5, 5.41) is 3.94. The molecule has 6 heteroatoms. The van der Waals surface area contributed by atoms with Crippen molar-refractivity contribution in [1.29, 1.82) is 0 Å². The molecule has 1 aliphatic heterocycles. The van der Waals surface area contributed by atoms with Crippen LogP contribution in [0.1, 0.15) is 41.2 Å². The van der Waals surface area contributed by atoms with Gasteiger partial charge in [0.05, 0.1) is 18.8 Å². The Kier molecular flexibility index (Phi) is 5.74. The molecule has 0 spiro atoms. The second kappa shape index (κ2) is 8.01. The molecule has 140 valence electrons. The fourth-order valence-electron chi connectivity index (χ4n) is 3.45. The summed E-state index contributed by atoms with van der Waals surface area (Å²) in [5.41, 5.74) is 2.64. The lowest BCUT2D eigenvalue weighted by Gasteiger charge is -2.35. The number of nitrogens with zero attached hydrogens (tertiary/aromatic N) is 3. The first-order valence-corrected chi connectivity index (χ1v) is 9.05. The van der Waals surface area contributed by atoms with Crippen molar-refractivity contribution < 1.29 is 14.1 Å². The van der Waals surface area contributed by atoms with E-state index < -0.39 is 0 Å². The van der Waals surface area contributed by atoms with E-state index in [2.05, 4.69) is 23.9 Å². The van der Waals surface area contributed by atoms with Gasteiger partial charge < -0.3 is 14.2 Å². The topological polar surface area (TPSA) is 58.8 Å². The van der Waals surface area contributed by atoms with Gasteiger partial charge in [-0.1, -0.05) is 17.3 Å². The van der Waals surface area contributed by atoms with Crippen LogP contribution in [-0.2, 0) is 17.8 Å². The Labute approximate surface area is 154 Å². The number of aromatic nitrogens is 1. The van der Waals surface area contributed by atoms with Crippen molar-refractivity contribution >= 4 is 5.91 Å². The first-order valence-electron chi connectivity index (χ1n) is 9.05. The second-order valence-electron chi connectivity index (χ2n) is 7.24. The van der Waals surface area contributed by atoms with Gasteiger partial charge in [-0.05, 0) is 38.5 Å². The zero-order chi connectivity index (χ0) is 18.7. The summed E-state index contributed by atoms with van der Waals surface area (Å²) in [7, 11) is 1.77. The summed E-state index contributed by atoms with van der Waals surface area (Å²) in [6.45, 7) is 9.23. The highest BCUT2D eigenvalue weighted by atomic mass is 16.5. The lowest BCUT2D eigenvalue weighted by atomic mass is 10.1. The Morgan fingerprint density at radius 2 is 1.88 bits per heavy atom. The summed E-state index contributed by atoms with van der Waals surface area (Å²) in [6, 6.07) is 9.71. The van der Waals surface area contributed by atoms with Gasteiger partial charge in [-0.3, -0.25) is 9.69 Å². The van der Waals surface area contributed by atoms with Crippen molar-refractivity contribution in [3.63, 3.8) is 0 Å². The van der Waals surface area contributed by atoms with Gasteiger partial charge in [0, 0.05) is 38.3 Å². The monoisotopic (exact) mass is 357 g/mol. The van der Waals surface area contributed by atoms with Gasteiger partial charge in [0.1, 0.15) is 11.5 Å². The number of aryl methyl sites for hydroxylation is 1. The minimum atomic E-state index is -0.0224. The summed E-state index contributed by atoms with van der Waals surface area (Å²) < 4.78 is 10.8. The molecular formula is C20H27N3O3. The maximum Gasteiger partial charge on any atom is 0.253 e. The third-order valence-corrected chi connectivity index (χ3v) is 4.52. The van der Waals surface area contributed by atoms with Gasteiger partial charge in [0.2, 0.25) is 0 Å². The summed E-state index contributed by atoms with van der Waals surface area (Å²) in [4.78, 5) is 16.6. The summed E-state index contributed by atoms with van der Waals surface area (Å²) in [6.07, 6.45) is 0.516. The van der Waals surface area contributed by atoms with E-state index in [1.165, 1.54) is 5.56 Å². The lowest BCUT2D eigenvalue weighted by Crippen LogP contribution is -2.44. The van der Waals surface area contributed by atoms with E-state index in [9.17, 15) is 4.79 Å². The predicted molar refractivity (Wildman–Crippen MR) is 98.8 cm³/mol. The Balaban J connectivity index is 1.58. The minimum absolute atomic E-state index is 0.0224. The van der Waals surface area contributed by atoms with Crippen LogP contribution >= 0.6 is 0 Å².